The van der Waals surface area contributed by atoms with Crippen LogP contribution in [0.15, 0.2) is 53.4 Å². The van der Waals surface area contributed by atoms with E-state index in [1.165, 1.54) is 17.8 Å². The molecule has 0 aliphatic heterocycles. The van der Waals surface area contributed by atoms with Gasteiger partial charge in [-0.2, -0.15) is 0 Å². The molecule has 1 amide bonds. The quantitative estimate of drug-likeness (QED) is 0.742. The molecule has 0 unspecified atom stereocenters. The molecular weight excluding hydrogens is 313 g/mol. The number of amides is 1. The van der Waals surface area contributed by atoms with Crippen LogP contribution in [0.25, 0.3) is 0 Å². The van der Waals surface area contributed by atoms with Gasteiger partial charge in [-0.05, 0) is 25.1 Å². The highest BCUT2D eigenvalue weighted by Gasteiger charge is 2.07. The highest BCUT2D eigenvalue weighted by Crippen LogP contribution is 2.22. The fourth-order valence-electron chi connectivity index (χ4n) is 2.04. The van der Waals surface area contributed by atoms with E-state index in [9.17, 15) is 9.18 Å². The molecule has 0 fully saturated rings. The minimum Gasteiger partial charge on any atom is -0.494 e. The summed E-state index contributed by atoms with van der Waals surface area (Å²) in [6.07, 6.45) is 0.343. The Morgan fingerprint density at radius 1 is 1.17 bits per heavy atom. The van der Waals surface area contributed by atoms with Crippen molar-refractivity contribution < 1.29 is 13.9 Å². The normalized spacial score (nSPS) is 10.3. The monoisotopic (exact) mass is 333 g/mol. The zero-order valence-corrected chi connectivity index (χ0v) is 13.9. The van der Waals surface area contributed by atoms with Crippen LogP contribution in [0.5, 0.6) is 5.75 Å². The maximum absolute atomic E-state index is 13.5. The zero-order valence-electron chi connectivity index (χ0n) is 13.0. The molecule has 1 N–H and O–H groups in total. The highest BCUT2D eigenvalue weighted by atomic mass is 32.2. The van der Waals surface area contributed by atoms with E-state index in [1.54, 1.807) is 18.2 Å². The third-order valence-corrected chi connectivity index (χ3v) is 4.22. The van der Waals surface area contributed by atoms with E-state index in [1.807, 2.05) is 31.2 Å². The van der Waals surface area contributed by atoms with Crippen LogP contribution in [0.1, 0.15) is 18.9 Å². The van der Waals surface area contributed by atoms with E-state index in [0.29, 0.717) is 30.2 Å². The van der Waals surface area contributed by atoms with E-state index in [2.05, 4.69) is 5.32 Å². The van der Waals surface area contributed by atoms with Gasteiger partial charge in [0.25, 0.3) is 0 Å². The van der Waals surface area contributed by atoms with Gasteiger partial charge in [0.2, 0.25) is 5.91 Å². The van der Waals surface area contributed by atoms with Gasteiger partial charge in [0, 0.05) is 29.2 Å². The van der Waals surface area contributed by atoms with Gasteiger partial charge in [0.15, 0.2) is 0 Å². The lowest BCUT2D eigenvalue weighted by molar-refractivity contribution is -0.120. The molecule has 0 spiro atoms. The lowest BCUT2D eigenvalue weighted by atomic mass is 10.2. The molecule has 0 atom stereocenters. The van der Waals surface area contributed by atoms with Crippen molar-refractivity contribution in [2.24, 2.45) is 0 Å². The Morgan fingerprint density at radius 2 is 1.91 bits per heavy atom. The number of thioether (sulfide) groups is 1. The van der Waals surface area contributed by atoms with Crippen molar-refractivity contribution in [1.29, 1.82) is 0 Å². The zero-order chi connectivity index (χ0) is 16.5. The Labute approximate surface area is 140 Å². The first-order chi connectivity index (χ1) is 11.2. The summed E-state index contributed by atoms with van der Waals surface area (Å²) >= 11 is 1.35. The van der Waals surface area contributed by atoms with Gasteiger partial charge in [0.05, 0.1) is 6.61 Å². The fraction of sp³-hybridized carbons (Fsp3) is 0.278. The van der Waals surface area contributed by atoms with E-state index in [-0.39, 0.29) is 11.7 Å². The van der Waals surface area contributed by atoms with E-state index in [0.717, 1.165) is 11.3 Å². The Kier molecular flexibility index (Phi) is 6.94. The van der Waals surface area contributed by atoms with Crippen LogP contribution >= 0.6 is 11.8 Å². The summed E-state index contributed by atoms with van der Waals surface area (Å²) in [4.78, 5) is 12.5. The summed E-state index contributed by atoms with van der Waals surface area (Å²) in [5.74, 6) is 1.03. The number of nitrogens with one attached hydrogen (secondary N) is 1. The van der Waals surface area contributed by atoms with Gasteiger partial charge in [-0.15, -0.1) is 11.8 Å². The summed E-state index contributed by atoms with van der Waals surface area (Å²) in [5, 5.41) is 2.87. The molecule has 2 aromatic carbocycles. The molecule has 2 rings (SSSR count). The lowest BCUT2D eigenvalue weighted by Gasteiger charge is -2.11. The number of ether oxygens (including phenoxy) is 1. The molecule has 23 heavy (non-hydrogen) atoms. The van der Waals surface area contributed by atoms with Gasteiger partial charge >= 0.3 is 0 Å². The number of rotatable bonds is 8. The van der Waals surface area contributed by atoms with Crippen molar-refractivity contribution in [3.05, 3.63) is 59.9 Å². The van der Waals surface area contributed by atoms with Gasteiger partial charge in [-0.1, -0.05) is 30.3 Å². The second-order valence-corrected chi connectivity index (χ2v) is 5.98. The Balaban J connectivity index is 1.76. The molecule has 0 saturated carbocycles. The number of halogens is 1. The molecule has 2 aromatic rings. The van der Waals surface area contributed by atoms with Crippen LogP contribution in [-0.4, -0.2) is 18.3 Å². The fourth-order valence-corrected chi connectivity index (χ4v) is 2.93. The lowest BCUT2D eigenvalue weighted by Crippen LogP contribution is -2.23. The molecule has 0 aliphatic carbocycles. The van der Waals surface area contributed by atoms with Gasteiger partial charge < -0.3 is 10.1 Å². The Hall–Kier alpha value is -2.01. The standard InChI is InChI=1S/C18H20FNO2S/c1-2-22-16-9-5-3-7-14(16)13-20-18(21)11-12-23-17-10-6-4-8-15(17)19/h3-10H,2,11-13H2,1H3,(H,20,21). The maximum atomic E-state index is 13.5. The summed E-state index contributed by atoms with van der Waals surface area (Å²) in [5.41, 5.74) is 0.949. The van der Waals surface area contributed by atoms with Crippen molar-refractivity contribution in [1.82, 2.24) is 5.32 Å². The average molecular weight is 333 g/mol. The highest BCUT2D eigenvalue weighted by molar-refractivity contribution is 7.99. The molecule has 0 aromatic heterocycles. The first-order valence-electron chi connectivity index (χ1n) is 7.55. The van der Waals surface area contributed by atoms with Crippen LogP contribution in [-0.2, 0) is 11.3 Å². The van der Waals surface area contributed by atoms with Crippen molar-refractivity contribution in [3.63, 3.8) is 0 Å². The molecule has 122 valence electrons. The molecule has 3 nitrogen and oxygen atoms in total. The van der Waals surface area contributed by atoms with E-state index >= 15 is 0 Å². The molecule has 0 heterocycles. The summed E-state index contributed by atoms with van der Waals surface area (Å²) in [6, 6.07) is 14.2. The molecule has 0 bridgehead atoms. The number of benzene rings is 2. The predicted octanol–water partition coefficient (Wildman–Crippen LogP) is 4.02. The minimum absolute atomic E-state index is 0.0554. The first kappa shape index (κ1) is 17.3. The van der Waals surface area contributed by atoms with E-state index < -0.39 is 0 Å². The molecule has 5 heteroatoms. The smallest absolute Gasteiger partial charge is 0.221 e. The topological polar surface area (TPSA) is 38.3 Å². The minimum atomic E-state index is -0.247. The largest absolute Gasteiger partial charge is 0.494 e. The van der Waals surface area contributed by atoms with Crippen LogP contribution < -0.4 is 10.1 Å². The van der Waals surface area contributed by atoms with Crippen LogP contribution in [0, 0.1) is 5.82 Å². The Morgan fingerprint density at radius 3 is 2.70 bits per heavy atom. The van der Waals surface area contributed by atoms with Crippen molar-refractivity contribution in [2.45, 2.75) is 24.8 Å². The number of para-hydroxylation sites is 1. The molecule has 0 radical (unpaired) electrons. The number of hydrogen-bond acceptors (Lipinski definition) is 3. The predicted molar refractivity (Wildman–Crippen MR) is 91.2 cm³/mol. The summed E-state index contributed by atoms with van der Waals surface area (Å²) < 4.78 is 19.0. The summed E-state index contributed by atoms with van der Waals surface area (Å²) in [7, 11) is 0. The van der Waals surface area contributed by atoms with Crippen molar-refractivity contribution in [3.8, 4) is 5.75 Å². The van der Waals surface area contributed by atoms with E-state index in [4.69, 9.17) is 4.74 Å². The third kappa shape index (κ3) is 5.60. The van der Waals surface area contributed by atoms with Crippen LogP contribution in [0.4, 0.5) is 4.39 Å². The Bertz CT molecular complexity index is 648. The summed E-state index contributed by atoms with van der Waals surface area (Å²) in [6.45, 7) is 2.94. The molecule has 0 aliphatic rings. The average Bonchev–Trinajstić information content (AvgIpc) is 2.56. The van der Waals surface area contributed by atoms with Crippen molar-refractivity contribution >= 4 is 17.7 Å². The first-order valence-corrected chi connectivity index (χ1v) is 8.54. The third-order valence-electron chi connectivity index (χ3n) is 3.17. The number of hydrogen-bond donors (Lipinski definition) is 1. The van der Waals surface area contributed by atoms with Crippen LogP contribution in [0.2, 0.25) is 0 Å². The SMILES string of the molecule is CCOc1ccccc1CNC(=O)CCSc1ccccc1F. The number of carbonyl (C=O) groups excluding carboxylic acids is 1. The number of carbonyl (C=O) groups is 1. The van der Waals surface area contributed by atoms with Crippen LogP contribution in [0.3, 0.4) is 0 Å². The van der Waals surface area contributed by atoms with Crippen molar-refractivity contribution in [2.75, 3.05) is 12.4 Å². The molecule has 0 saturated heterocycles. The second-order valence-electron chi connectivity index (χ2n) is 4.85. The van der Waals surface area contributed by atoms with Gasteiger partial charge in [0.1, 0.15) is 11.6 Å². The maximum Gasteiger partial charge on any atom is 0.221 e. The van der Waals surface area contributed by atoms with Gasteiger partial charge in [-0.25, -0.2) is 4.39 Å². The van der Waals surface area contributed by atoms with Gasteiger partial charge in [-0.3, -0.25) is 4.79 Å². The molecular formula is C18H20FNO2S. The second kappa shape index (κ2) is 9.20.